The van der Waals surface area contributed by atoms with Crippen molar-refractivity contribution in [1.29, 1.82) is 0 Å². The van der Waals surface area contributed by atoms with Gasteiger partial charge in [-0.2, -0.15) is 0 Å². The number of methoxy groups -OCH3 is 1. The molecule has 0 saturated heterocycles. The maximum absolute atomic E-state index is 12.6. The summed E-state index contributed by atoms with van der Waals surface area (Å²) < 4.78 is 8.79. The summed E-state index contributed by atoms with van der Waals surface area (Å²) in [4.78, 5) is 14.7. The van der Waals surface area contributed by atoms with Gasteiger partial charge in [0, 0.05) is 32.8 Å². The molecule has 3 rings (SSSR count). The number of benzene rings is 1. The van der Waals surface area contributed by atoms with E-state index in [1.165, 1.54) is 0 Å². The van der Waals surface area contributed by atoms with Crippen LogP contribution >= 0.6 is 0 Å². The van der Waals surface area contributed by atoms with Crippen LogP contribution in [0.25, 0.3) is 10.9 Å². The van der Waals surface area contributed by atoms with Gasteiger partial charge >= 0.3 is 0 Å². The first kappa shape index (κ1) is 17.3. The van der Waals surface area contributed by atoms with E-state index in [4.69, 9.17) is 4.74 Å². The van der Waals surface area contributed by atoms with Crippen molar-refractivity contribution >= 4 is 10.9 Å². The number of aromatic nitrogens is 4. The van der Waals surface area contributed by atoms with Crippen molar-refractivity contribution in [2.24, 2.45) is 7.05 Å². The van der Waals surface area contributed by atoms with E-state index in [9.17, 15) is 4.79 Å². The zero-order chi connectivity index (χ0) is 17.8. The largest absolute Gasteiger partial charge is 0.383 e. The van der Waals surface area contributed by atoms with E-state index in [1.807, 2.05) is 49.0 Å². The number of para-hydroxylation sites is 1. The lowest BCUT2D eigenvalue weighted by Crippen LogP contribution is -2.27. The fourth-order valence-corrected chi connectivity index (χ4v) is 2.97. The quantitative estimate of drug-likeness (QED) is 0.650. The predicted molar refractivity (Wildman–Crippen MR) is 96.3 cm³/mol. The number of aryl methyl sites for hydroxylation is 1. The molecule has 2 aromatic heterocycles. The molecule has 0 saturated carbocycles. The minimum absolute atomic E-state index is 0.0337. The maximum Gasteiger partial charge on any atom is 0.255 e. The highest BCUT2D eigenvalue weighted by molar-refractivity contribution is 5.79. The van der Waals surface area contributed by atoms with Gasteiger partial charge in [-0.3, -0.25) is 9.69 Å². The first-order chi connectivity index (χ1) is 12.1. The number of ether oxygens (including phenoxy) is 1. The Morgan fingerprint density at radius 3 is 2.84 bits per heavy atom. The Balaban J connectivity index is 1.78. The average Bonchev–Trinajstić information content (AvgIpc) is 3.04. The van der Waals surface area contributed by atoms with Crippen LogP contribution in [0.15, 0.2) is 41.5 Å². The molecule has 0 bridgehead atoms. The summed E-state index contributed by atoms with van der Waals surface area (Å²) in [6.45, 7) is 2.48. The first-order valence-electron chi connectivity index (χ1n) is 8.22. The topological polar surface area (TPSA) is 65.2 Å². The van der Waals surface area contributed by atoms with Crippen molar-refractivity contribution in [2.75, 3.05) is 20.8 Å². The molecule has 0 unspecified atom stereocenters. The van der Waals surface area contributed by atoms with Gasteiger partial charge in [-0.1, -0.05) is 18.2 Å². The SMILES string of the molecule is COCCn1cnnc1CN(C)Cc1cc2ccccc2n(C)c1=O. The summed E-state index contributed by atoms with van der Waals surface area (Å²) in [6.07, 6.45) is 1.71. The second-order valence-electron chi connectivity index (χ2n) is 6.20. The minimum Gasteiger partial charge on any atom is -0.383 e. The molecule has 0 spiro atoms. The summed E-state index contributed by atoms with van der Waals surface area (Å²) >= 11 is 0. The molecule has 0 amide bonds. The van der Waals surface area contributed by atoms with Gasteiger partial charge in [0.2, 0.25) is 0 Å². The van der Waals surface area contributed by atoms with Crippen molar-refractivity contribution in [1.82, 2.24) is 24.2 Å². The molecule has 7 heteroatoms. The third-order valence-electron chi connectivity index (χ3n) is 4.29. The molecule has 0 radical (unpaired) electrons. The first-order valence-corrected chi connectivity index (χ1v) is 8.22. The second kappa shape index (κ2) is 7.58. The van der Waals surface area contributed by atoms with Crippen molar-refractivity contribution in [3.05, 3.63) is 58.4 Å². The van der Waals surface area contributed by atoms with Gasteiger partial charge in [-0.15, -0.1) is 10.2 Å². The number of hydrogen-bond acceptors (Lipinski definition) is 5. The highest BCUT2D eigenvalue weighted by Gasteiger charge is 2.12. The fourth-order valence-electron chi connectivity index (χ4n) is 2.97. The molecule has 3 aromatic rings. The second-order valence-corrected chi connectivity index (χ2v) is 6.20. The van der Waals surface area contributed by atoms with Gasteiger partial charge in [0.25, 0.3) is 5.56 Å². The highest BCUT2D eigenvalue weighted by Crippen LogP contribution is 2.13. The third-order valence-corrected chi connectivity index (χ3v) is 4.29. The van der Waals surface area contributed by atoms with Gasteiger partial charge in [-0.05, 0) is 24.6 Å². The third kappa shape index (κ3) is 3.78. The summed E-state index contributed by atoms with van der Waals surface area (Å²) in [5, 5.41) is 9.21. The van der Waals surface area contributed by atoms with Gasteiger partial charge < -0.3 is 13.9 Å². The summed E-state index contributed by atoms with van der Waals surface area (Å²) in [7, 11) is 5.46. The number of rotatable bonds is 7. The van der Waals surface area contributed by atoms with Crippen molar-refractivity contribution < 1.29 is 4.74 Å². The Morgan fingerprint density at radius 1 is 1.24 bits per heavy atom. The minimum atomic E-state index is 0.0337. The van der Waals surface area contributed by atoms with E-state index in [0.717, 1.165) is 22.3 Å². The highest BCUT2D eigenvalue weighted by atomic mass is 16.5. The lowest BCUT2D eigenvalue weighted by Gasteiger charge is -2.17. The molecule has 25 heavy (non-hydrogen) atoms. The van der Waals surface area contributed by atoms with Crippen molar-refractivity contribution in [2.45, 2.75) is 19.6 Å². The van der Waals surface area contributed by atoms with E-state index < -0.39 is 0 Å². The molecule has 0 fully saturated rings. The van der Waals surface area contributed by atoms with E-state index in [1.54, 1.807) is 18.0 Å². The maximum atomic E-state index is 12.6. The summed E-state index contributed by atoms with van der Waals surface area (Å²) in [5.41, 5.74) is 1.75. The predicted octanol–water partition coefficient (Wildman–Crippen LogP) is 1.41. The van der Waals surface area contributed by atoms with Crippen LogP contribution in [0, 0.1) is 0 Å². The van der Waals surface area contributed by atoms with Crippen LogP contribution in [0.4, 0.5) is 0 Å². The van der Waals surface area contributed by atoms with Gasteiger partial charge in [0.1, 0.15) is 12.2 Å². The molecule has 0 aliphatic heterocycles. The van der Waals surface area contributed by atoms with E-state index >= 15 is 0 Å². The molecular formula is C18H23N5O2. The summed E-state index contributed by atoms with van der Waals surface area (Å²) in [6, 6.07) is 9.89. The molecule has 132 valence electrons. The lowest BCUT2D eigenvalue weighted by molar-refractivity contribution is 0.184. The van der Waals surface area contributed by atoms with Crippen LogP contribution in [0.1, 0.15) is 11.4 Å². The zero-order valence-electron chi connectivity index (χ0n) is 14.8. The van der Waals surface area contributed by atoms with Crippen LogP contribution in [0.2, 0.25) is 0 Å². The van der Waals surface area contributed by atoms with Crippen LogP contribution in [0.3, 0.4) is 0 Å². The van der Waals surface area contributed by atoms with Gasteiger partial charge in [-0.25, -0.2) is 0 Å². The molecule has 0 atom stereocenters. The standard InChI is InChI=1S/C18H23N5O2/c1-21(12-17-20-19-13-23(17)8-9-25-3)11-15-10-14-6-4-5-7-16(14)22(2)18(15)24/h4-7,10,13H,8-9,11-12H2,1-3H3. The fraction of sp³-hybridized carbons (Fsp3) is 0.389. The molecule has 7 nitrogen and oxygen atoms in total. The normalized spacial score (nSPS) is 11.5. The Kier molecular flexibility index (Phi) is 5.25. The van der Waals surface area contributed by atoms with E-state index in [0.29, 0.717) is 26.2 Å². The van der Waals surface area contributed by atoms with Crippen molar-refractivity contribution in [3.8, 4) is 0 Å². The molecular weight excluding hydrogens is 318 g/mol. The monoisotopic (exact) mass is 341 g/mol. The number of fused-ring (bicyclic) bond motifs is 1. The molecule has 0 aliphatic carbocycles. The Morgan fingerprint density at radius 2 is 2.04 bits per heavy atom. The van der Waals surface area contributed by atoms with Crippen molar-refractivity contribution in [3.63, 3.8) is 0 Å². The average molecular weight is 341 g/mol. The van der Waals surface area contributed by atoms with Gasteiger partial charge in [0.05, 0.1) is 18.7 Å². The molecule has 1 aromatic carbocycles. The Hall–Kier alpha value is -2.51. The Bertz CT molecular complexity index is 915. The summed E-state index contributed by atoms with van der Waals surface area (Å²) in [5.74, 6) is 0.858. The van der Waals surface area contributed by atoms with Crippen LogP contribution < -0.4 is 5.56 Å². The number of nitrogens with zero attached hydrogens (tertiary/aromatic N) is 5. The smallest absolute Gasteiger partial charge is 0.255 e. The van der Waals surface area contributed by atoms with E-state index in [2.05, 4.69) is 15.1 Å². The molecule has 0 N–H and O–H groups in total. The van der Waals surface area contributed by atoms with Crippen LogP contribution in [-0.2, 0) is 31.4 Å². The zero-order valence-corrected chi connectivity index (χ0v) is 14.8. The van der Waals surface area contributed by atoms with Gasteiger partial charge in [0.15, 0.2) is 0 Å². The number of hydrogen-bond donors (Lipinski definition) is 0. The van der Waals surface area contributed by atoms with Crippen LogP contribution in [-0.4, -0.2) is 45.0 Å². The van der Waals surface area contributed by atoms with Crippen LogP contribution in [0.5, 0.6) is 0 Å². The Labute approximate surface area is 146 Å². The molecule has 2 heterocycles. The van der Waals surface area contributed by atoms with E-state index in [-0.39, 0.29) is 5.56 Å². The lowest BCUT2D eigenvalue weighted by atomic mass is 10.1. The molecule has 0 aliphatic rings. The number of pyridine rings is 1.